The summed E-state index contributed by atoms with van der Waals surface area (Å²) in [6.07, 6.45) is 4.62. The fourth-order valence-corrected chi connectivity index (χ4v) is 3.20. The van der Waals surface area contributed by atoms with E-state index in [2.05, 4.69) is 27.4 Å². The number of allylic oxidation sites excluding steroid dienone is 3. The molecule has 0 aromatic heterocycles. The summed E-state index contributed by atoms with van der Waals surface area (Å²) >= 11 is 0. The molecule has 3 atom stereocenters. The molecule has 2 unspecified atom stereocenters. The molecule has 0 heterocycles. The van der Waals surface area contributed by atoms with E-state index in [1.165, 1.54) is 11.1 Å². The summed E-state index contributed by atoms with van der Waals surface area (Å²) in [5.74, 6) is 1.63. The molecule has 2 aliphatic rings. The lowest BCUT2D eigenvalue weighted by atomic mass is 9.56. The lowest BCUT2D eigenvalue weighted by Crippen LogP contribution is -2.39. The van der Waals surface area contributed by atoms with Crippen molar-refractivity contribution in [3.63, 3.8) is 0 Å². The Labute approximate surface area is 92.3 Å². The maximum Gasteiger partial charge on any atom is 0.156 e. The maximum absolute atomic E-state index is 11.5. The van der Waals surface area contributed by atoms with Gasteiger partial charge in [-0.2, -0.15) is 0 Å². The fourth-order valence-electron chi connectivity index (χ4n) is 3.20. The molecule has 0 bridgehead atoms. The SMILES string of the molecule is C=C1CC(C)C(C)[C@@]2(C)CCC(=O)C=C12. The normalized spacial score (nSPS) is 41.1. The second kappa shape index (κ2) is 3.33. The molecule has 82 valence electrons. The van der Waals surface area contributed by atoms with Crippen molar-refractivity contribution in [2.45, 2.75) is 40.0 Å². The predicted molar refractivity (Wildman–Crippen MR) is 62.5 cm³/mol. The van der Waals surface area contributed by atoms with Crippen LogP contribution >= 0.6 is 0 Å². The topological polar surface area (TPSA) is 17.1 Å². The van der Waals surface area contributed by atoms with E-state index in [1.54, 1.807) is 0 Å². The number of carbonyl (C=O) groups excluding carboxylic acids is 1. The Kier molecular flexibility index (Phi) is 2.37. The zero-order valence-electron chi connectivity index (χ0n) is 9.97. The lowest BCUT2D eigenvalue weighted by Gasteiger charge is -2.48. The van der Waals surface area contributed by atoms with Crippen LogP contribution in [-0.2, 0) is 4.79 Å². The Hall–Kier alpha value is -0.850. The van der Waals surface area contributed by atoms with Gasteiger partial charge in [-0.3, -0.25) is 4.79 Å². The Morgan fingerprint density at radius 2 is 2.13 bits per heavy atom. The second-order valence-electron chi connectivity index (χ2n) is 5.52. The molecule has 1 nitrogen and oxygen atoms in total. The molecule has 0 aliphatic heterocycles. The van der Waals surface area contributed by atoms with Gasteiger partial charge in [-0.05, 0) is 41.7 Å². The van der Waals surface area contributed by atoms with Gasteiger partial charge >= 0.3 is 0 Å². The molecule has 0 aromatic rings. The minimum atomic E-state index is 0.197. The van der Waals surface area contributed by atoms with Crippen LogP contribution in [0, 0.1) is 17.3 Å². The zero-order valence-corrected chi connectivity index (χ0v) is 9.97. The highest BCUT2D eigenvalue weighted by Gasteiger charge is 2.44. The van der Waals surface area contributed by atoms with Gasteiger partial charge in [0, 0.05) is 6.42 Å². The smallest absolute Gasteiger partial charge is 0.156 e. The van der Waals surface area contributed by atoms with Crippen molar-refractivity contribution in [1.29, 1.82) is 0 Å². The summed E-state index contributed by atoms with van der Waals surface area (Å²) < 4.78 is 0. The van der Waals surface area contributed by atoms with E-state index in [4.69, 9.17) is 0 Å². The van der Waals surface area contributed by atoms with Crippen molar-refractivity contribution in [3.8, 4) is 0 Å². The second-order valence-corrected chi connectivity index (χ2v) is 5.52. The van der Waals surface area contributed by atoms with Gasteiger partial charge in [0.25, 0.3) is 0 Å². The van der Waals surface area contributed by atoms with Gasteiger partial charge in [0.1, 0.15) is 0 Å². The summed E-state index contributed by atoms with van der Waals surface area (Å²) in [5.41, 5.74) is 2.63. The predicted octanol–water partition coefficient (Wildman–Crippen LogP) is 3.51. The van der Waals surface area contributed by atoms with Gasteiger partial charge in [-0.15, -0.1) is 0 Å². The molecule has 1 saturated carbocycles. The highest BCUT2D eigenvalue weighted by atomic mass is 16.1. The first-order valence-electron chi connectivity index (χ1n) is 5.88. The Morgan fingerprint density at radius 3 is 2.80 bits per heavy atom. The van der Waals surface area contributed by atoms with Gasteiger partial charge in [-0.1, -0.05) is 32.9 Å². The van der Waals surface area contributed by atoms with E-state index in [9.17, 15) is 4.79 Å². The number of hydrogen-bond acceptors (Lipinski definition) is 1. The summed E-state index contributed by atoms with van der Waals surface area (Å²) in [6, 6.07) is 0. The highest BCUT2D eigenvalue weighted by Crippen LogP contribution is 2.53. The van der Waals surface area contributed by atoms with Crippen LogP contribution in [0.25, 0.3) is 0 Å². The van der Waals surface area contributed by atoms with Crippen molar-refractivity contribution in [1.82, 2.24) is 0 Å². The number of fused-ring (bicyclic) bond motifs is 1. The van der Waals surface area contributed by atoms with Crippen molar-refractivity contribution in [2.75, 3.05) is 0 Å². The van der Waals surface area contributed by atoms with Gasteiger partial charge < -0.3 is 0 Å². The van der Waals surface area contributed by atoms with Crippen molar-refractivity contribution >= 4 is 5.78 Å². The molecule has 15 heavy (non-hydrogen) atoms. The van der Waals surface area contributed by atoms with E-state index >= 15 is 0 Å². The molecule has 0 radical (unpaired) electrons. The Morgan fingerprint density at radius 1 is 1.47 bits per heavy atom. The summed E-state index contributed by atoms with van der Waals surface area (Å²) in [6.45, 7) is 11.1. The zero-order chi connectivity index (χ0) is 11.2. The van der Waals surface area contributed by atoms with E-state index in [0.717, 1.165) is 12.8 Å². The molecule has 0 saturated heterocycles. The average molecular weight is 204 g/mol. The molecule has 2 aliphatic carbocycles. The van der Waals surface area contributed by atoms with Crippen molar-refractivity contribution < 1.29 is 4.79 Å². The monoisotopic (exact) mass is 204 g/mol. The van der Waals surface area contributed by atoms with E-state index in [1.807, 2.05) is 6.08 Å². The van der Waals surface area contributed by atoms with Crippen molar-refractivity contribution in [2.24, 2.45) is 17.3 Å². The van der Waals surface area contributed by atoms with Crippen LogP contribution in [0.3, 0.4) is 0 Å². The van der Waals surface area contributed by atoms with Crippen molar-refractivity contribution in [3.05, 3.63) is 23.8 Å². The average Bonchev–Trinajstić information content (AvgIpc) is 2.18. The van der Waals surface area contributed by atoms with Crippen LogP contribution in [0.1, 0.15) is 40.0 Å². The third-order valence-electron chi connectivity index (χ3n) is 4.62. The molecular weight excluding hydrogens is 184 g/mol. The van der Waals surface area contributed by atoms with Crippen LogP contribution in [0.4, 0.5) is 0 Å². The molecule has 2 rings (SSSR count). The third-order valence-corrected chi connectivity index (χ3v) is 4.62. The first-order valence-corrected chi connectivity index (χ1v) is 5.88. The standard InChI is InChI=1S/C14H20O/c1-9-7-10(2)13-8-12(15)5-6-14(13,4)11(9)3/h8-9,11H,2,5-7H2,1,3-4H3/t9?,11?,14-/m1/s1. The first kappa shape index (κ1) is 10.7. The van der Waals surface area contributed by atoms with E-state index in [0.29, 0.717) is 18.3 Å². The van der Waals surface area contributed by atoms with Crippen LogP contribution in [0.15, 0.2) is 23.8 Å². The van der Waals surface area contributed by atoms with Gasteiger partial charge in [0.05, 0.1) is 0 Å². The molecule has 0 spiro atoms. The Bertz CT molecular complexity index is 350. The molecule has 1 fully saturated rings. The van der Waals surface area contributed by atoms with Crippen LogP contribution in [0.5, 0.6) is 0 Å². The molecule has 0 N–H and O–H groups in total. The van der Waals surface area contributed by atoms with Gasteiger partial charge in [0.2, 0.25) is 0 Å². The molecule has 1 heteroatoms. The summed E-state index contributed by atoms with van der Waals surface area (Å²) in [4.78, 5) is 11.5. The van der Waals surface area contributed by atoms with Crippen LogP contribution in [-0.4, -0.2) is 5.78 Å². The van der Waals surface area contributed by atoms with Crippen LogP contribution in [0.2, 0.25) is 0 Å². The number of hydrogen-bond donors (Lipinski definition) is 0. The lowest BCUT2D eigenvalue weighted by molar-refractivity contribution is -0.116. The van der Waals surface area contributed by atoms with E-state index < -0.39 is 0 Å². The van der Waals surface area contributed by atoms with Gasteiger partial charge in [-0.25, -0.2) is 0 Å². The fraction of sp³-hybridized carbons (Fsp3) is 0.643. The van der Waals surface area contributed by atoms with Gasteiger partial charge in [0.15, 0.2) is 5.78 Å². The number of rotatable bonds is 0. The number of ketones is 1. The summed E-state index contributed by atoms with van der Waals surface area (Å²) in [7, 11) is 0. The summed E-state index contributed by atoms with van der Waals surface area (Å²) in [5, 5.41) is 0. The Balaban J connectivity index is 2.46. The molecule has 0 amide bonds. The maximum atomic E-state index is 11.5. The highest BCUT2D eigenvalue weighted by molar-refractivity contribution is 5.92. The third kappa shape index (κ3) is 1.49. The largest absolute Gasteiger partial charge is 0.295 e. The van der Waals surface area contributed by atoms with Crippen LogP contribution < -0.4 is 0 Å². The number of carbonyl (C=O) groups is 1. The minimum absolute atomic E-state index is 0.197. The minimum Gasteiger partial charge on any atom is -0.295 e. The van der Waals surface area contributed by atoms with E-state index in [-0.39, 0.29) is 11.2 Å². The first-order chi connectivity index (χ1) is 6.95. The quantitative estimate of drug-likeness (QED) is 0.590. The molecule has 0 aromatic carbocycles. The molecular formula is C14H20O.